The Balaban J connectivity index is 1.86. The van der Waals surface area contributed by atoms with E-state index in [-0.39, 0.29) is 0 Å². The second-order valence-corrected chi connectivity index (χ2v) is 4.50. The maximum absolute atomic E-state index is 5.54. The summed E-state index contributed by atoms with van der Waals surface area (Å²) < 4.78 is 5.54. The number of hydrogen-bond donors (Lipinski definition) is 1. The molecule has 0 saturated carbocycles. The summed E-state index contributed by atoms with van der Waals surface area (Å²) in [5.74, 6) is 0.688. The van der Waals surface area contributed by atoms with Gasteiger partial charge in [-0.2, -0.15) is 0 Å². The first kappa shape index (κ1) is 13.1. The third-order valence-electron chi connectivity index (χ3n) is 3.03. The minimum absolute atomic E-state index is 0.525. The molecule has 1 saturated heterocycles. The largest absolute Gasteiger partial charge is 0.473 e. The summed E-state index contributed by atoms with van der Waals surface area (Å²) in [5.41, 5.74) is 6.63. The van der Waals surface area contributed by atoms with Gasteiger partial charge in [-0.05, 0) is 37.6 Å². The Bertz CT molecular complexity index is 386. The summed E-state index contributed by atoms with van der Waals surface area (Å²) in [4.78, 5) is 6.67. The molecule has 1 aromatic heterocycles. The topological polar surface area (TPSA) is 51.4 Å². The van der Waals surface area contributed by atoms with Gasteiger partial charge in [0.25, 0.3) is 0 Å². The molecule has 1 fully saturated rings. The van der Waals surface area contributed by atoms with E-state index in [4.69, 9.17) is 10.5 Å². The molecular weight excluding hydrogens is 226 g/mol. The van der Waals surface area contributed by atoms with Gasteiger partial charge in [-0.3, -0.25) is 4.90 Å². The highest BCUT2D eigenvalue weighted by molar-refractivity contribution is 5.20. The molecule has 0 atom stereocenters. The van der Waals surface area contributed by atoms with Crippen LogP contribution >= 0.6 is 0 Å². The van der Waals surface area contributed by atoms with Gasteiger partial charge in [0.05, 0.1) is 0 Å². The summed E-state index contributed by atoms with van der Waals surface area (Å²) in [6.45, 7) is 4.48. The maximum Gasteiger partial charge on any atom is 0.213 e. The number of hydrogen-bond acceptors (Lipinski definition) is 4. The molecule has 1 aliphatic rings. The van der Waals surface area contributed by atoms with Gasteiger partial charge in [-0.25, -0.2) is 4.98 Å². The molecule has 4 heteroatoms. The van der Waals surface area contributed by atoms with Crippen LogP contribution in [0.2, 0.25) is 0 Å². The van der Waals surface area contributed by atoms with Crippen LogP contribution in [0.15, 0.2) is 30.5 Å². The fourth-order valence-electron chi connectivity index (χ4n) is 2.12. The summed E-state index contributed by atoms with van der Waals surface area (Å²) >= 11 is 0. The smallest absolute Gasteiger partial charge is 0.213 e. The van der Waals surface area contributed by atoms with Crippen LogP contribution in [0.25, 0.3) is 0 Å². The molecular formula is C14H21N3O. The summed E-state index contributed by atoms with van der Waals surface area (Å²) in [6.07, 6.45) is 8.24. The molecule has 1 aromatic rings. The molecule has 0 aromatic carbocycles. The fraction of sp³-hybridized carbons (Fsp3) is 0.500. The highest BCUT2D eigenvalue weighted by Gasteiger charge is 2.11. The average Bonchev–Trinajstić information content (AvgIpc) is 2.88. The molecule has 2 N–H and O–H groups in total. The van der Waals surface area contributed by atoms with Crippen molar-refractivity contribution in [3.63, 3.8) is 0 Å². The Morgan fingerprint density at radius 3 is 2.94 bits per heavy atom. The quantitative estimate of drug-likeness (QED) is 0.775. The monoisotopic (exact) mass is 247 g/mol. The van der Waals surface area contributed by atoms with Gasteiger partial charge >= 0.3 is 0 Å². The number of pyridine rings is 1. The third-order valence-corrected chi connectivity index (χ3v) is 3.03. The number of aromatic nitrogens is 1. The minimum atomic E-state index is 0.525. The van der Waals surface area contributed by atoms with Crippen molar-refractivity contribution in [1.82, 2.24) is 9.88 Å². The lowest BCUT2D eigenvalue weighted by Crippen LogP contribution is -2.18. The van der Waals surface area contributed by atoms with Crippen molar-refractivity contribution in [2.24, 2.45) is 5.73 Å². The van der Waals surface area contributed by atoms with Gasteiger partial charge in [0.2, 0.25) is 5.88 Å². The van der Waals surface area contributed by atoms with E-state index in [1.807, 2.05) is 24.4 Å². The number of nitrogens with zero attached hydrogens (tertiary/aromatic N) is 2. The molecule has 0 bridgehead atoms. The predicted molar refractivity (Wildman–Crippen MR) is 72.4 cm³/mol. The van der Waals surface area contributed by atoms with Crippen LogP contribution in [-0.4, -0.2) is 36.1 Å². The predicted octanol–water partition coefficient (Wildman–Crippen LogP) is 1.57. The zero-order valence-corrected chi connectivity index (χ0v) is 10.7. The van der Waals surface area contributed by atoms with E-state index in [2.05, 4.69) is 16.0 Å². The number of rotatable bonds is 6. The van der Waals surface area contributed by atoms with Crippen LogP contribution in [0, 0.1) is 0 Å². The van der Waals surface area contributed by atoms with E-state index in [9.17, 15) is 0 Å². The van der Waals surface area contributed by atoms with E-state index >= 15 is 0 Å². The molecule has 0 radical (unpaired) electrons. The van der Waals surface area contributed by atoms with Crippen molar-refractivity contribution in [3.05, 3.63) is 36.0 Å². The molecule has 2 heterocycles. The average molecular weight is 247 g/mol. The zero-order chi connectivity index (χ0) is 12.6. The minimum Gasteiger partial charge on any atom is -0.473 e. The first-order valence-electron chi connectivity index (χ1n) is 6.53. The normalized spacial score (nSPS) is 16.5. The van der Waals surface area contributed by atoms with Gasteiger partial charge in [-0.1, -0.05) is 12.2 Å². The molecule has 2 rings (SSSR count). The highest BCUT2D eigenvalue weighted by Crippen LogP contribution is 2.15. The Kier molecular flexibility index (Phi) is 5.17. The Morgan fingerprint density at radius 1 is 1.33 bits per heavy atom. The summed E-state index contributed by atoms with van der Waals surface area (Å²) in [5, 5.41) is 0. The van der Waals surface area contributed by atoms with Gasteiger partial charge < -0.3 is 10.5 Å². The molecule has 18 heavy (non-hydrogen) atoms. The van der Waals surface area contributed by atoms with Crippen molar-refractivity contribution in [1.29, 1.82) is 0 Å². The molecule has 98 valence electrons. The molecule has 1 aliphatic heterocycles. The van der Waals surface area contributed by atoms with Crippen molar-refractivity contribution in [2.75, 3.05) is 26.2 Å². The van der Waals surface area contributed by atoms with Gasteiger partial charge in [0, 0.05) is 25.4 Å². The zero-order valence-electron chi connectivity index (χ0n) is 10.7. The number of ether oxygens (including phenoxy) is 1. The lowest BCUT2D eigenvalue weighted by molar-refractivity contribution is 0.326. The maximum atomic E-state index is 5.54. The van der Waals surface area contributed by atoms with E-state index in [0.717, 1.165) is 6.54 Å². The van der Waals surface area contributed by atoms with Crippen molar-refractivity contribution >= 4 is 0 Å². The first-order valence-corrected chi connectivity index (χ1v) is 6.53. The van der Waals surface area contributed by atoms with Crippen LogP contribution in [0.3, 0.4) is 0 Å². The standard InChI is InChI=1S/C14H21N3O/c15-6-1-4-10-18-14-11-13(5-7-16-14)12-17-8-2-3-9-17/h1,4-5,7,11H,2-3,6,8-10,12,15H2/b4-1-. The first-order chi connectivity index (χ1) is 8.88. The van der Waals surface area contributed by atoms with Crippen LogP contribution in [0.1, 0.15) is 18.4 Å². The number of likely N-dealkylation sites (tertiary alicyclic amines) is 1. The van der Waals surface area contributed by atoms with Crippen LogP contribution in [0.4, 0.5) is 0 Å². The van der Waals surface area contributed by atoms with E-state index in [0.29, 0.717) is 19.0 Å². The SMILES string of the molecule is NC/C=C\COc1cc(CN2CCCC2)ccn1. The Morgan fingerprint density at radius 2 is 2.17 bits per heavy atom. The van der Waals surface area contributed by atoms with Crippen LogP contribution in [0.5, 0.6) is 5.88 Å². The molecule has 0 unspecified atom stereocenters. The summed E-state index contributed by atoms with van der Waals surface area (Å²) in [6, 6.07) is 4.08. The number of nitrogens with two attached hydrogens (primary N) is 1. The fourth-order valence-corrected chi connectivity index (χ4v) is 2.12. The van der Waals surface area contributed by atoms with Crippen molar-refractivity contribution in [2.45, 2.75) is 19.4 Å². The van der Waals surface area contributed by atoms with Crippen LogP contribution in [-0.2, 0) is 6.54 Å². The van der Waals surface area contributed by atoms with E-state index in [1.165, 1.54) is 31.5 Å². The van der Waals surface area contributed by atoms with Crippen molar-refractivity contribution < 1.29 is 4.74 Å². The van der Waals surface area contributed by atoms with E-state index < -0.39 is 0 Å². The second-order valence-electron chi connectivity index (χ2n) is 4.50. The molecule has 0 aliphatic carbocycles. The second kappa shape index (κ2) is 7.13. The lowest BCUT2D eigenvalue weighted by Gasteiger charge is -2.14. The Labute approximate surface area is 108 Å². The van der Waals surface area contributed by atoms with Gasteiger partial charge in [0.15, 0.2) is 0 Å². The van der Waals surface area contributed by atoms with Gasteiger partial charge in [-0.15, -0.1) is 0 Å². The van der Waals surface area contributed by atoms with E-state index in [1.54, 1.807) is 0 Å². The highest BCUT2D eigenvalue weighted by atomic mass is 16.5. The van der Waals surface area contributed by atoms with Crippen LogP contribution < -0.4 is 10.5 Å². The molecule has 4 nitrogen and oxygen atoms in total. The lowest BCUT2D eigenvalue weighted by atomic mass is 10.2. The van der Waals surface area contributed by atoms with Gasteiger partial charge in [0.1, 0.15) is 6.61 Å². The molecule has 0 spiro atoms. The molecule has 0 amide bonds. The third kappa shape index (κ3) is 4.13. The van der Waals surface area contributed by atoms with Crippen molar-refractivity contribution in [3.8, 4) is 5.88 Å². The summed E-state index contributed by atoms with van der Waals surface area (Å²) in [7, 11) is 0. The Hall–Kier alpha value is -1.39.